The monoisotopic (exact) mass is 291 g/mol. The van der Waals surface area contributed by atoms with Crippen LogP contribution in [0, 0.1) is 20.2 Å². The Morgan fingerprint density at radius 1 is 1.20 bits per heavy atom. The van der Waals surface area contributed by atoms with Crippen LogP contribution in [-0.2, 0) is 6.18 Å². The lowest BCUT2D eigenvalue weighted by atomic mass is 10.1. The average molecular weight is 291 g/mol. The van der Waals surface area contributed by atoms with E-state index in [0.717, 1.165) is 0 Å². The highest BCUT2D eigenvalue weighted by molar-refractivity contribution is 5.75. The van der Waals surface area contributed by atoms with Gasteiger partial charge in [-0.3, -0.25) is 20.2 Å². The summed E-state index contributed by atoms with van der Waals surface area (Å²) in [5, 5.41) is 23.9. The van der Waals surface area contributed by atoms with Crippen LogP contribution in [0.15, 0.2) is 24.8 Å². The minimum atomic E-state index is -4.92. The molecule has 20 heavy (non-hydrogen) atoms. The molecule has 0 atom stereocenters. The lowest BCUT2D eigenvalue weighted by Crippen LogP contribution is -2.10. The van der Waals surface area contributed by atoms with Crippen LogP contribution >= 0.6 is 0 Å². The zero-order valence-corrected chi connectivity index (χ0v) is 9.81. The van der Waals surface area contributed by atoms with Crippen molar-refractivity contribution in [1.29, 1.82) is 0 Å². The Morgan fingerprint density at radius 3 is 1.95 bits per heavy atom. The van der Waals surface area contributed by atoms with E-state index in [9.17, 15) is 33.4 Å². The van der Waals surface area contributed by atoms with Crippen molar-refractivity contribution in [1.82, 2.24) is 0 Å². The molecule has 0 aliphatic carbocycles. The molecule has 1 aromatic rings. The van der Waals surface area contributed by atoms with Gasteiger partial charge in [-0.25, -0.2) is 0 Å². The number of anilines is 1. The maximum Gasteiger partial charge on any atom is 0.416 e. The van der Waals surface area contributed by atoms with Crippen LogP contribution in [0.5, 0.6) is 0 Å². The zero-order chi connectivity index (χ0) is 15.5. The summed E-state index contributed by atoms with van der Waals surface area (Å²) in [6.07, 6.45) is -3.67. The zero-order valence-electron chi connectivity index (χ0n) is 9.81. The summed E-state index contributed by atoms with van der Waals surface area (Å²) in [6.45, 7) is 3.22. The van der Waals surface area contributed by atoms with Crippen LogP contribution in [0.4, 0.5) is 30.2 Å². The summed E-state index contributed by atoms with van der Waals surface area (Å²) in [5.74, 6) is 0. The third-order valence-corrected chi connectivity index (χ3v) is 2.24. The molecule has 7 nitrogen and oxygen atoms in total. The molecule has 0 heterocycles. The molecule has 0 aliphatic rings. The topological polar surface area (TPSA) is 98.3 Å². The normalized spacial score (nSPS) is 10.9. The molecule has 1 N–H and O–H groups in total. The van der Waals surface area contributed by atoms with Crippen LogP contribution in [0.3, 0.4) is 0 Å². The fraction of sp³-hybridized carbons (Fsp3) is 0.200. The minimum absolute atomic E-state index is 0.0763. The van der Waals surface area contributed by atoms with Crippen molar-refractivity contribution in [3.8, 4) is 0 Å². The van der Waals surface area contributed by atoms with E-state index >= 15 is 0 Å². The quantitative estimate of drug-likeness (QED) is 0.510. The number of alkyl halides is 3. The van der Waals surface area contributed by atoms with Crippen molar-refractivity contribution in [2.75, 3.05) is 11.9 Å². The Labute approximate surface area is 110 Å². The van der Waals surface area contributed by atoms with Gasteiger partial charge in [-0.2, -0.15) is 13.2 Å². The SMILES string of the molecule is C=CCNc1c([N+](=O)[O-])cc(C(F)(F)F)cc1[N+](=O)[O-]. The Hall–Kier alpha value is -2.65. The van der Waals surface area contributed by atoms with Crippen LogP contribution in [-0.4, -0.2) is 16.4 Å². The van der Waals surface area contributed by atoms with Crippen LogP contribution in [0.25, 0.3) is 0 Å². The van der Waals surface area contributed by atoms with Crippen molar-refractivity contribution in [2.45, 2.75) is 6.18 Å². The second-order valence-electron chi connectivity index (χ2n) is 3.57. The fourth-order valence-corrected chi connectivity index (χ4v) is 1.42. The predicted molar refractivity (Wildman–Crippen MR) is 63.4 cm³/mol. The maximum absolute atomic E-state index is 12.6. The van der Waals surface area contributed by atoms with E-state index in [2.05, 4.69) is 11.9 Å². The van der Waals surface area contributed by atoms with Gasteiger partial charge in [0.2, 0.25) is 0 Å². The maximum atomic E-state index is 12.6. The lowest BCUT2D eigenvalue weighted by Gasteiger charge is -2.10. The molecule has 0 unspecified atom stereocenters. The summed E-state index contributed by atoms with van der Waals surface area (Å²) in [7, 11) is 0. The van der Waals surface area contributed by atoms with Gasteiger partial charge in [-0.1, -0.05) is 6.08 Å². The van der Waals surface area contributed by atoms with Crippen LogP contribution < -0.4 is 5.32 Å². The number of nitro groups is 2. The van der Waals surface area contributed by atoms with E-state index < -0.39 is 38.6 Å². The summed E-state index contributed by atoms with van der Waals surface area (Å²) in [6, 6.07) is 0.497. The van der Waals surface area contributed by atoms with Gasteiger partial charge in [-0.15, -0.1) is 6.58 Å². The number of hydrogen-bond donors (Lipinski definition) is 1. The molecule has 0 aromatic heterocycles. The number of nitro benzene ring substituents is 2. The number of benzene rings is 1. The highest BCUT2D eigenvalue weighted by atomic mass is 19.4. The molecule has 0 radical (unpaired) electrons. The van der Waals surface area contributed by atoms with E-state index in [1.165, 1.54) is 6.08 Å². The van der Waals surface area contributed by atoms with E-state index in [1.54, 1.807) is 0 Å². The third-order valence-electron chi connectivity index (χ3n) is 2.24. The van der Waals surface area contributed by atoms with Gasteiger partial charge in [0.05, 0.1) is 15.4 Å². The summed E-state index contributed by atoms with van der Waals surface area (Å²) in [5.41, 5.74) is -4.09. The molecule has 0 saturated carbocycles. The second-order valence-corrected chi connectivity index (χ2v) is 3.57. The van der Waals surface area contributed by atoms with Crippen molar-refractivity contribution in [2.24, 2.45) is 0 Å². The summed E-state index contributed by atoms with van der Waals surface area (Å²) < 4.78 is 37.7. The first-order valence-electron chi connectivity index (χ1n) is 5.07. The lowest BCUT2D eigenvalue weighted by molar-refractivity contribution is -0.392. The Kier molecular flexibility index (Phi) is 4.27. The second kappa shape index (κ2) is 5.55. The largest absolute Gasteiger partial charge is 0.416 e. The Balaban J connectivity index is 3.58. The number of hydrogen-bond acceptors (Lipinski definition) is 5. The molecule has 0 saturated heterocycles. The van der Waals surface area contributed by atoms with Crippen molar-refractivity contribution in [3.63, 3.8) is 0 Å². The number of nitrogens with zero attached hydrogens (tertiary/aromatic N) is 2. The molecule has 108 valence electrons. The first-order chi connectivity index (χ1) is 9.18. The molecule has 0 spiro atoms. The van der Waals surface area contributed by atoms with E-state index in [0.29, 0.717) is 0 Å². The molecule has 0 fully saturated rings. The van der Waals surface area contributed by atoms with Gasteiger partial charge in [0.25, 0.3) is 11.4 Å². The molecular weight excluding hydrogens is 283 g/mol. The number of nitrogens with one attached hydrogen (secondary N) is 1. The van der Waals surface area contributed by atoms with Crippen LogP contribution in [0.1, 0.15) is 5.56 Å². The fourth-order valence-electron chi connectivity index (χ4n) is 1.42. The molecule has 0 amide bonds. The average Bonchev–Trinajstić information content (AvgIpc) is 2.33. The van der Waals surface area contributed by atoms with E-state index in [-0.39, 0.29) is 18.7 Å². The van der Waals surface area contributed by atoms with Gasteiger partial charge in [-0.05, 0) is 0 Å². The Morgan fingerprint density at radius 2 is 1.65 bits per heavy atom. The van der Waals surface area contributed by atoms with Gasteiger partial charge >= 0.3 is 6.18 Å². The van der Waals surface area contributed by atoms with Gasteiger partial charge < -0.3 is 5.32 Å². The first-order valence-corrected chi connectivity index (χ1v) is 5.07. The molecule has 1 aromatic carbocycles. The van der Waals surface area contributed by atoms with Gasteiger partial charge in [0.15, 0.2) is 5.69 Å². The highest BCUT2D eigenvalue weighted by Gasteiger charge is 2.37. The van der Waals surface area contributed by atoms with Crippen molar-refractivity contribution in [3.05, 3.63) is 50.6 Å². The molecule has 0 aliphatic heterocycles. The molecule has 0 bridgehead atoms. The minimum Gasteiger partial charge on any atom is -0.370 e. The van der Waals surface area contributed by atoms with E-state index in [4.69, 9.17) is 0 Å². The Bertz CT molecular complexity index is 536. The standard InChI is InChI=1S/C10H8F3N3O4/c1-2-3-14-9-7(15(17)18)4-6(10(11,12)13)5-8(9)16(19)20/h2,4-5,14H,1,3H2. The first kappa shape index (κ1) is 15.4. The summed E-state index contributed by atoms with van der Waals surface area (Å²) in [4.78, 5) is 19.3. The highest BCUT2D eigenvalue weighted by Crippen LogP contribution is 2.40. The molecule has 10 heteroatoms. The molecular formula is C10H8F3N3O4. The van der Waals surface area contributed by atoms with Gasteiger partial charge in [0.1, 0.15) is 0 Å². The molecule has 1 rings (SSSR count). The third kappa shape index (κ3) is 3.22. The smallest absolute Gasteiger partial charge is 0.370 e. The number of halogens is 3. The van der Waals surface area contributed by atoms with Crippen molar-refractivity contribution >= 4 is 17.1 Å². The number of rotatable bonds is 5. The van der Waals surface area contributed by atoms with Crippen LogP contribution in [0.2, 0.25) is 0 Å². The van der Waals surface area contributed by atoms with Gasteiger partial charge in [0, 0.05) is 18.7 Å². The van der Waals surface area contributed by atoms with Crippen molar-refractivity contribution < 1.29 is 23.0 Å². The predicted octanol–water partition coefficient (Wildman–Crippen LogP) is 3.12. The summed E-state index contributed by atoms with van der Waals surface area (Å²) >= 11 is 0. The van der Waals surface area contributed by atoms with E-state index in [1.807, 2.05) is 0 Å².